The molecule has 0 heterocycles. The molecule has 1 saturated carbocycles. The Morgan fingerprint density at radius 3 is 2.34 bits per heavy atom. The van der Waals surface area contributed by atoms with Crippen LogP contribution in [0, 0.1) is 5.92 Å². The number of halogens is 3. The largest absolute Gasteiger partial charge is 0.416 e. The average Bonchev–Trinajstić information content (AvgIpc) is 2.72. The highest BCUT2D eigenvalue weighted by Gasteiger charge is 2.38. The topological polar surface area (TPSA) is 104 Å². The molecule has 0 saturated heterocycles. The fraction of sp³-hybridized carbons (Fsp3) is 0.667. The van der Waals surface area contributed by atoms with Gasteiger partial charge in [-0.1, -0.05) is 19.9 Å². The first kappa shape index (κ1) is 29.1. The van der Waals surface area contributed by atoms with Crippen LogP contribution in [-0.2, 0) is 20.8 Å². The fourth-order valence-corrected chi connectivity index (χ4v) is 5.58. The number of rotatable bonds is 8. The molecule has 0 aliphatic heterocycles. The number of amides is 2. The molecule has 0 bridgehead atoms. The summed E-state index contributed by atoms with van der Waals surface area (Å²) < 4.78 is 63.5. The van der Waals surface area contributed by atoms with Crippen molar-refractivity contribution in [2.24, 2.45) is 5.92 Å². The van der Waals surface area contributed by atoms with Crippen LogP contribution in [0.1, 0.15) is 69.8 Å². The van der Waals surface area contributed by atoms with Gasteiger partial charge in [0.2, 0.25) is 5.91 Å². The molecule has 1 fully saturated rings. The maximum absolute atomic E-state index is 12.9. The summed E-state index contributed by atoms with van der Waals surface area (Å²) in [5.41, 5.74) is -1.16. The summed E-state index contributed by atoms with van der Waals surface area (Å²) in [6, 6.07) is 3.92. The highest BCUT2D eigenvalue weighted by Crippen LogP contribution is 2.31. The van der Waals surface area contributed by atoms with Crippen LogP contribution in [0.4, 0.5) is 13.2 Å². The van der Waals surface area contributed by atoms with Crippen molar-refractivity contribution in [2.45, 2.75) is 82.9 Å². The highest BCUT2D eigenvalue weighted by atomic mass is 32.2. The van der Waals surface area contributed by atoms with Crippen LogP contribution in [0.15, 0.2) is 24.3 Å². The predicted octanol–water partition coefficient (Wildman–Crippen LogP) is 3.30. The molecule has 0 unspecified atom stereocenters. The van der Waals surface area contributed by atoms with Crippen LogP contribution in [0.5, 0.6) is 0 Å². The van der Waals surface area contributed by atoms with Crippen LogP contribution in [0.2, 0.25) is 0 Å². The average molecular weight is 520 g/mol. The molecule has 1 aromatic rings. The Kier molecular flexibility index (Phi) is 9.38. The highest BCUT2D eigenvalue weighted by molar-refractivity contribution is 7.92. The van der Waals surface area contributed by atoms with Crippen molar-refractivity contribution in [3.05, 3.63) is 35.4 Å². The maximum atomic E-state index is 12.9. The SMILES string of the molecule is CC(C)N[C@@H]1CC[C@H](NC(=O)CNC(=O)c2cccc(C(F)(F)F)c2)[C@H](CS(=O)(=O)C(C)(C)C)C1. The zero-order valence-electron chi connectivity index (χ0n) is 20.8. The fourth-order valence-electron chi connectivity index (χ4n) is 4.15. The second-order valence-electron chi connectivity index (χ2n) is 10.4. The Labute approximate surface area is 205 Å². The molecule has 1 aromatic carbocycles. The summed E-state index contributed by atoms with van der Waals surface area (Å²) in [6.45, 7) is 8.53. The quantitative estimate of drug-likeness (QED) is 0.489. The van der Waals surface area contributed by atoms with E-state index in [-0.39, 0.29) is 29.3 Å². The van der Waals surface area contributed by atoms with E-state index < -0.39 is 50.7 Å². The smallest absolute Gasteiger partial charge is 0.352 e. The van der Waals surface area contributed by atoms with Gasteiger partial charge in [-0.3, -0.25) is 9.59 Å². The minimum atomic E-state index is -4.58. The van der Waals surface area contributed by atoms with Gasteiger partial charge in [-0.15, -0.1) is 0 Å². The first-order valence-corrected chi connectivity index (χ1v) is 13.4. The number of hydrogen-bond donors (Lipinski definition) is 3. The summed E-state index contributed by atoms with van der Waals surface area (Å²) in [5, 5.41) is 8.61. The molecule has 1 aliphatic rings. The molecular formula is C24H36F3N3O4S. The van der Waals surface area contributed by atoms with Gasteiger partial charge in [-0.2, -0.15) is 13.2 Å². The van der Waals surface area contributed by atoms with Crippen molar-refractivity contribution in [3.8, 4) is 0 Å². The van der Waals surface area contributed by atoms with Crippen LogP contribution >= 0.6 is 0 Å². The summed E-state index contributed by atoms with van der Waals surface area (Å²) >= 11 is 0. The number of nitrogens with one attached hydrogen (secondary N) is 3. The standard InChI is InChI=1S/C24H36F3N3O4S/c1-15(2)29-19-9-10-20(17(12-19)14-35(33,34)23(3,4)5)30-21(31)13-28-22(32)16-7-6-8-18(11-16)24(25,26)27/h6-8,11,15,17,19-20,29H,9-10,12-14H2,1-5H3,(H,28,32)(H,30,31)/t17-,19+,20-/m0/s1. The van der Waals surface area contributed by atoms with Crippen LogP contribution in [0.25, 0.3) is 0 Å². The Hall–Kier alpha value is -2.14. The molecule has 35 heavy (non-hydrogen) atoms. The third-order valence-electron chi connectivity index (χ3n) is 6.13. The van der Waals surface area contributed by atoms with Gasteiger partial charge >= 0.3 is 6.18 Å². The summed E-state index contributed by atoms with van der Waals surface area (Å²) in [6.07, 6.45) is -2.68. The zero-order valence-corrected chi connectivity index (χ0v) is 21.6. The van der Waals surface area contributed by atoms with Crippen LogP contribution < -0.4 is 16.0 Å². The van der Waals surface area contributed by atoms with Gasteiger partial charge in [-0.05, 0) is 64.2 Å². The van der Waals surface area contributed by atoms with E-state index in [1.807, 2.05) is 13.8 Å². The van der Waals surface area contributed by atoms with E-state index in [1.54, 1.807) is 20.8 Å². The predicted molar refractivity (Wildman–Crippen MR) is 129 cm³/mol. The Morgan fingerprint density at radius 1 is 1.11 bits per heavy atom. The molecule has 2 rings (SSSR count). The minimum Gasteiger partial charge on any atom is -0.352 e. The lowest BCUT2D eigenvalue weighted by molar-refractivity contribution is -0.137. The molecule has 7 nitrogen and oxygen atoms in total. The number of carbonyl (C=O) groups excluding carboxylic acids is 2. The van der Waals surface area contributed by atoms with Gasteiger partial charge in [0.1, 0.15) is 0 Å². The van der Waals surface area contributed by atoms with E-state index in [0.29, 0.717) is 12.8 Å². The van der Waals surface area contributed by atoms with Gasteiger partial charge < -0.3 is 16.0 Å². The van der Waals surface area contributed by atoms with E-state index in [9.17, 15) is 31.2 Å². The summed E-state index contributed by atoms with van der Waals surface area (Å²) in [7, 11) is -3.44. The molecular weight excluding hydrogens is 483 g/mol. The molecule has 0 spiro atoms. The molecule has 3 N–H and O–H groups in total. The van der Waals surface area contributed by atoms with E-state index in [1.165, 1.54) is 6.07 Å². The number of carbonyl (C=O) groups is 2. The van der Waals surface area contributed by atoms with Gasteiger partial charge in [-0.25, -0.2) is 8.42 Å². The van der Waals surface area contributed by atoms with Crippen molar-refractivity contribution < 1.29 is 31.2 Å². The van der Waals surface area contributed by atoms with Crippen LogP contribution in [-0.4, -0.2) is 55.4 Å². The molecule has 2 amide bonds. The summed E-state index contributed by atoms with van der Waals surface area (Å²) in [4.78, 5) is 24.9. The van der Waals surface area contributed by atoms with E-state index in [4.69, 9.17) is 0 Å². The van der Waals surface area contributed by atoms with Crippen LogP contribution in [0.3, 0.4) is 0 Å². The zero-order chi connectivity index (χ0) is 26.6. The molecule has 1 aliphatic carbocycles. The number of sulfone groups is 1. The Balaban J connectivity index is 2.04. The number of hydrogen-bond acceptors (Lipinski definition) is 5. The molecule has 0 radical (unpaired) electrons. The van der Waals surface area contributed by atoms with Crippen molar-refractivity contribution in [3.63, 3.8) is 0 Å². The van der Waals surface area contributed by atoms with Crippen molar-refractivity contribution >= 4 is 21.7 Å². The van der Waals surface area contributed by atoms with E-state index >= 15 is 0 Å². The first-order valence-electron chi connectivity index (χ1n) is 11.7. The van der Waals surface area contributed by atoms with Gasteiger partial charge in [0.15, 0.2) is 9.84 Å². The Morgan fingerprint density at radius 2 is 1.77 bits per heavy atom. The molecule has 3 atom stereocenters. The van der Waals surface area contributed by atoms with Crippen molar-refractivity contribution in [1.82, 2.24) is 16.0 Å². The monoisotopic (exact) mass is 519 g/mol. The molecule has 11 heteroatoms. The number of benzene rings is 1. The maximum Gasteiger partial charge on any atom is 0.416 e. The third kappa shape index (κ3) is 8.49. The lowest BCUT2D eigenvalue weighted by Gasteiger charge is -2.38. The third-order valence-corrected chi connectivity index (χ3v) is 8.86. The van der Waals surface area contributed by atoms with Gasteiger partial charge in [0.05, 0.1) is 22.6 Å². The van der Waals surface area contributed by atoms with Gasteiger partial charge in [0, 0.05) is 23.7 Å². The lowest BCUT2D eigenvalue weighted by Crippen LogP contribution is -2.53. The number of alkyl halides is 3. The van der Waals surface area contributed by atoms with E-state index in [2.05, 4.69) is 16.0 Å². The van der Waals surface area contributed by atoms with Crippen molar-refractivity contribution in [2.75, 3.05) is 12.3 Å². The molecule has 0 aromatic heterocycles. The Bertz CT molecular complexity index is 1000. The second-order valence-corrected chi connectivity index (χ2v) is 13.2. The second kappa shape index (κ2) is 11.3. The minimum absolute atomic E-state index is 0.0751. The normalized spacial score (nSPS) is 21.6. The lowest BCUT2D eigenvalue weighted by atomic mass is 9.82. The summed E-state index contributed by atoms with van der Waals surface area (Å²) in [5.74, 6) is -1.71. The van der Waals surface area contributed by atoms with Gasteiger partial charge in [0.25, 0.3) is 5.91 Å². The molecule has 198 valence electrons. The first-order chi connectivity index (χ1) is 16.0. The van der Waals surface area contributed by atoms with Crippen molar-refractivity contribution in [1.29, 1.82) is 0 Å². The van der Waals surface area contributed by atoms with E-state index in [0.717, 1.165) is 24.6 Å².